The van der Waals surface area contributed by atoms with Crippen LogP contribution in [0.4, 0.5) is 5.69 Å². The molecule has 2 aromatic rings. The van der Waals surface area contributed by atoms with Crippen LogP contribution >= 0.6 is 0 Å². The normalized spacial score (nSPS) is 11.0. The van der Waals surface area contributed by atoms with Crippen molar-refractivity contribution in [2.45, 2.75) is 20.8 Å². The Hall–Kier alpha value is -3.26. The van der Waals surface area contributed by atoms with Crippen LogP contribution in [0.3, 0.4) is 0 Å². The number of methoxy groups -OCH3 is 1. The van der Waals surface area contributed by atoms with Crippen molar-refractivity contribution in [3.63, 3.8) is 0 Å². The summed E-state index contributed by atoms with van der Waals surface area (Å²) in [6, 6.07) is 14.7. The molecular weight excluding hydrogens is 340 g/mol. The highest BCUT2D eigenvalue weighted by molar-refractivity contribution is 6.10. The van der Waals surface area contributed by atoms with Gasteiger partial charge in [0.1, 0.15) is 11.6 Å². The van der Waals surface area contributed by atoms with Crippen molar-refractivity contribution in [3.8, 4) is 17.6 Å². The molecule has 0 fully saturated rings. The zero-order chi connectivity index (χ0) is 19.8. The van der Waals surface area contributed by atoms with Crippen molar-refractivity contribution in [2.24, 2.45) is 5.92 Å². The number of nitrogens with one attached hydrogen (secondary N) is 1. The van der Waals surface area contributed by atoms with Gasteiger partial charge in [-0.1, -0.05) is 38.1 Å². The van der Waals surface area contributed by atoms with Gasteiger partial charge in [0.15, 0.2) is 11.5 Å². The molecule has 0 bridgehead atoms. The Morgan fingerprint density at radius 3 is 2.59 bits per heavy atom. The summed E-state index contributed by atoms with van der Waals surface area (Å²) in [7, 11) is 1.56. The van der Waals surface area contributed by atoms with E-state index in [9.17, 15) is 10.1 Å². The van der Waals surface area contributed by atoms with Crippen molar-refractivity contribution in [1.29, 1.82) is 5.26 Å². The predicted octanol–water partition coefficient (Wildman–Crippen LogP) is 4.58. The molecule has 0 aliphatic heterocycles. The molecule has 0 heterocycles. The standard InChI is InChI=1S/C22H24N2O3/c1-15(2)14-27-20-10-9-17(12-21(20)26-4)11-18(13-23)22(25)24-19-8-6-5-7-16(19)3/h5-12,15H,14H2,1-4H3,(H,24,25)/b18-11+. The second-order valence-electron chi connectivity index (χ2n) is 6.55. The van der Waals surface area contributed by atoms with E-state index >= 15 is 0 Å². The second kappa shape index (κ2) is 9.44. The van der Waals surface area contributed by atoms with Crippen molar-refractivity contribution < 1.29 is 14.3 Å². The number of ether oxygens (including phenoxy) is 2. The van der Waals surface area contributed by atoms with E-state index in [2.05, 4.69) is 19.2 Å². The van der Waals surface area contributed by atoms with E-state index in [1.54, 1.807) is 31.4 Å². The minimum Gasteiger partial charge on any atom is -0.493 e. The van der Waals surface area contributed by atoms with Crippen molar-refractivity contribution in [2.75, 3.05) is 19.0 Å². The Bertz CT molecular complexity index is 879. The first-order chi connectivity index (χ1) is 12.9. The molecule has 27 heavy (non-hydrogen) atoms. The number of hydrogen-bond donors (Lipinski definition) is 1. The molecule has 1 amide bonds. The minimum absolute atomic E-state index is 0.0103. The maximum absolute atomic E-state index is 12.4. The van der Waals surface area contributed by atoms with Gasteiger partial charge in [-0.25, -0.2) is 0 Å². The minimum atomic E-state index is -0.453. The van der Waals surface area contributed by atoms with E-state index in [1.165, 1.54) is 6.08 Å². The van der Waals surface area contributed by atoms with Crippen LogP contribution in [0.5, 0.6) is 11.5 Å². The van der Waals surface area contributed by atoms with Crippen molar-refractivity contribution >= 4 is 17.7 Å². The summed E-state index contributed by atoms with van der Waals surface area (Å²) in [5.41, 5.74) is 2.30. The Morgan fingerprint density at radius 1 is 1.22 bits per heavy atom. The molecule has 0 saturated carbocycles. The quantitative estimate of drug-likeness (QED) is 0.576. The van der Waals surface area contributed by atoms with Gasteiger partial charge >= 0.3 is 0 Å². The molecule has 2 aromatic carbocycles. The first kappa shape index (κ1) is 20.1. The van der Waals surface area contributed by atoms with Gasteiger partial charge in [0.25, 0.3) is 5.91 Å². The lowest BCUT2D eigenvalue weighted by atomic mass is 10.1. The van der Waals surface area contributed by atoms with E-state index in [0.29, 0.717) is 35.3 Å². The Morgan fingerprint density at radius 2 is 1.96 bits per heavy atom. The summed E-state index contributed by atoms with van der Waals surface area (Å²) in [6.07, 6.45) is 1.53. The summed E-state index contributed by atoms with van der Waals surface area (Å²) in [4.78, 5) is 12.4. The summed E-state index contributed by atoms with van der Waals surface area (Å²) in [5.74, 6) is 1.13. The smallest absolute Gasteiger partial charge is 0.266 e. The van der Waals surface area contributed by atoms with Crippen molar-refractivity contribution in [1.82, 2.24) is 0 Å². The Kier molecular flexibility index (Phi) is 7.01. The lowest BCUT2D eigenvalue weighted by Crippen LogP contribution is -2.14. The van der Waals surface area contributed by atoms with Gasteiger partial charge in [-0.15, -0.1) is 0 Å². The first-order valence-electron chi connectivity index (χ1n) is 8.74. The largest absolute Gasteiger partial charge is 0.493 e. The molecule has 5 nitrogen and oxygen atoms in total. The number of carbonyl (C=O) groups is 1. The van der Waals surface area contributed by atoms with Gasteiger partial charge in [-0.05, 0) is 48.2 Å². The average molecular weight is 364 g/mol. The van der Waals surface area contributed by atoms with E-state index < -0.39 is 5.91 Å². The van der Waals surface area contributed by atoms with Crippen LogP contribution in [0.15, 0.2) is 48.0 Å². The fourth-order valence-corrected chi connectivity index (χ4v) is 2.37. The molecular formula is C22H24N2O3. The number of carbonyl (C=O) groups excluding carboxylic acids is 1. The van der Waals surface area contributed by atoms with Gasteiger partial charge in [-0.2, -0.15) is 5.26 Å². The third-order valence-electron chi connectivity index (χ3n) is 3.83. The molecule has 0 radical (unpaired) electrons. The monoisotopic (exact) mass is 364 g/mol. The van der Waals surface area contributed by atoms with E-state index in [0.717, 1.165) is 5.56 Å². The van der Waals surface area contributed by atoms with Crippen LogP contribution in [0.1, 0.15) is 25.0 Å². The van der Waals surface area contributed by atoms with Crippen molar-refractivity contribution in [3.05, 3.63) is 59.2 Å². The van der Waals surface area contributed by atoms with Gasteiger partial charge in [-0.3, -0.25) is 4.79 Å². The predicted molar refractivity (Wildman–Crippen MR) is 107 cm³/mol. The van der Waals surface area contributed by atoms with Gasteiger partial charge in [0.2, 0.25) is 0 Å². The fraction of sp³-hybridized carbons (Fsp3) is 0.273. The number of hydrogen-bond acceptors (Lipinski definition) is 4. The Labute approximate surface area is 160 Å². The number of aryl methyl sites for hydroxylation is 1. The van der Waals surface area contributed by atoms with E-state index in [-0.39, 0.29) is 5.57 Å². The zero-order valence-corrected chi connectivity index (χ0v) is 16.1. The number of nitrogens with zero attached hydrogens (tertiary/aromatic N) is 1. The lowest BCUT2D eigenvalue weighted by molar-refractivity contribution is -0.112. The lowest BCUT2D eigenvalue weighted by Gasteiger charge is -2.13. The number of nitriles is 1. The molecule has 0 unspecified atom stereocenters. The van der Waals surface area contributed by atoms with Crippen LogP contribution < -0.4 is 14.8 Å². The molecule has 0 aliphatic carbocycles. The van der Waals surface area contributed by atoms with Crippen LogP contribution in [0.2, 0.25) is 0 Å². The molecule has 2 rings (SSSR count). The van der Waals surface area contributed by atoms with Crippen LogP contribution in [-0.2, 0) is 4.79 Å². The SMILES string of the molecule is COc1cc(/C=C(\C#N)C(=O)Nc2ccccc2C)ccc1OCC(C)C. The number of amides is 1. The van der Waals surface area contributed by atoms with E-state index in [4.69, 9.17) is 9.47 Å². The van der Waals surface area contributed by atoms with Gasteiger partial charge < -0.3 is 14.8 Å². The highest BCUT2D eigenvalue weighted by Gasteiger charge is 2.12. The Balaban J connectivity index is 2.22. The maximum Gasteiger partial charge on any atom is 0.266 e. The number of rotatable bonds is 7. The van der Waals surface area contributed by atoms with Crippen LogP contribution in [0, 0.1) is 24.2 Å². The van der Waals surface area contributed by atoms with Gasteiger partial charge in [0.05, 0.1) is 13.7 Å². The van der Waals surface area contributed by atoms with Gasteiger partial charge in [0, 0.05) is 5.69 Å². The molecule has 0 spiro atoms. The van der Waals surface area contributed by atoms with E-state index in [1.807, 2.05) is 31.2 Å². The second-order valence-corrected chi connectivity index (χ2v) is 6.55. The molecule has 0 aliphatic rings. The molecule has 0 atom stereocenters. The maximum atomic E-state index is 12.4. The summed E-state index contributed by atoms with van der Waals surface area (Å²) in [5, 5.41) is 12.2. The van der Waals surface area contributed by atoms with Crippen LogP contribution in [-0.4, -0.2) is 19.6 Å². The molecule has 5 heteroatoms. The average Bonchev–Trinajstić information content (AvgIpc) is 2.66. The summed E-state index contributed by atoms with van der Waals surface area (Å²) < 4.78 is 11.1. The first-order valence-corrected chi connectivity index (χ1v) is 8.74. The molecule has 140 valence electrons. The van der Waals surface area contributed by atoms with Crippen LogP contribution in [0.25, 0.3) is 6.08 Å². The number of para-hydroxylation sites is 1. The third kappa shape index (κ3) is 5.61. The topological polar surface area (TPSA) is 71.3 Å². The highest BCUT2D eigenvalue weighted by atomic mass is 16.5. The summed E-state index contributed by atoms with van der Waals surface area (Å²) in [6.45, 7) is 6.60. The molecule has 1 N–H and O–H groups in total. The number of benzene rings is 2. The molecule has 0 saturated heterocycles. The zero-order valence-electron chi connectivity index (χ0n) is 16.1. The molecule has 0 aromatic heterocycles. The summed E-state index contributed by atoms with van der Waals surface area (Å²) >= 11 is 0. The fourth-order valence-electron chi connectivity index (χ4n) is 2.37. The number of anilines is 1. The highest BCUT2D eigenvalue weighted by Crippen LogP contribution is 2.29. The third-order valence-corrected chi connectivity index (χ3v) is 3.83.